The highest BCUT2D eigenvalue weighted by molar-refractivity contribution is 6.30. The number of hydrogen-bond acceptors (Lipinski definition) is 3. The molecule has 0 radical (unpaired) electrons. The smallest absolute Gasteiger partial charge is 0.312 e. The Kier molecular flexibility index (Phi) is 6.25. The Bertz CT molecular complexity index is 539. The molecule has 0 atom stereocenters. The number of nitrogens with one attached hydrogen (secondary N) is 1. The summed E-state index contributed by atoms with van der Waals surface area (Å²) in [6.07, 6.45) is 5.55. The first-order valence-corrected chi connectivity index (χ1v) is 8.18. The fourth-order valence-corrected chi connectivity index (χ4v) is 2.92. The maximum absolute atomic E-state index is 12.0. The quantitative estimate of drug-likeness (QED) is 0.665. The Balaban J connectivity index is 1.72. The first kappa shape index (κ1) is 16.8. The number of hydrogen-bond donors (Lipinski definition) is 1. The van der Waals surface area contributed by atoms with Gasteiger partial charge in [0.05, 0.1) is 6.42 Å². The summed E-state index contributed by atoms with van der Waals surface area (Å²) in [4.78, 5) is 23.8. The molecule has 0 aliphatic heterocycles. The van der Waals surface area contributed by atoms with Crippen molar-refractivity contribution in [3.63, 3.8) is 0 Å². The molecule has 1 aromatic rings. The molecule has 0 bridgehead atoms. The molecule has 0 spiro atoms. The maximum Gasteiger partial charge on any atom is 0.312 e. The van der Waals surface area contributed by atoms with Crippen LogP contribution in [0.1, 0.15) is 44.1 Å². The van der Waals surface area contributed by atoms with E-state index in [0.29, 0.717) is 17.3 Å². The highest BCUT2D eigenvalue weighted by atomic mass is 35.5. The Hall–Kier alpha value is -1.55. The van der Waals surface area contributed by atoms with E-state index in [4.69, 9.17) is 16.3 Å². The lowest BCUT2D eigenvalue weighted by Crippen LogP contribution is -2.33. The number of esters is 1. The summed E-state index contributed by atoms with van der Waals surface area (Å²) in [7, 11) is 0. The van der Waals surface area contributed by atoms with Crippen molar-refractivity contribution in [1.29, 1.82) is 0 Å². The van der Waals surface area contributed by atoms with Gasteiger partial charge in [-0.15, -0.1) is 0 Å². The van der Waals surface area contributed by atoms with E-state index in [-0.39, 0.29) is 24.2 Å². The molecular weight excluding hydrogens is 302 g/mol. The first-order chi connectivity index (χ1) is 10.6. The number of carbonyl (C=O) groups is 2. The van der Waals surface area contributed by atoms with Crippen molar-refractivity contribution in [2.24, 2.45) is 5.92 Å². The summed E-state index contributed by atoms with van der Waals surface area (Å²) < 4.78 is 5.28. The van der Waals surface area contributed by atoms with Crippen LogP contribution >= 0.6 is 11.6 Å². The zero-order chi connectivity index (χ0) is 15.9. The molecule has 5 heteroatoms. The van der Waals surface area contributed by atoms with Crippen LogP contribution in [0, 0.1) is 12.8 Å². The molecule has 1 amide bonds. The molecule has 120 valence electrons. The molecule has 1 aliphatic carbocycles. The second-order valence-corrected chi connectivity index (χ2v) is 6.20. The SMILES string of the molecule is Cc1cc(Cl)ccc1OC(=O)CCNC(=O)C1CCCCC1. The summed E-state index contributed by atoms with van der Waals surface area (Å²) in [5, 5.41) is 3.44. The van der Waals surface area contributed by atoms with E-state index in [1.807, 2.05) is 6.92 Å². The van der Waals surface area contributed by atoms with Gasteiger partial charge in [0.15, 0.2) is 0 Å². The third-order valence-electron chi connectivity index (χ3n) is 3.97. The van der Waals surface area contributed by atoms with Crippen LogP contribution < -0.4 is 10.1 Å². The van der Waals surface area contributed by atoms with E-state index in [1.54, 1.807) is 18.2 Å². The van der Waals surface area contributed by atoms with Gasteiger partial charge in [-0.3, -0.25) is 9.59 Å². The minimum Gasteiger partial charge on any atom is -0.426 e. The average molecular weight is 324 g/mol. The van der Waals surface area contributed by atoms with Gasteiger partial charge < -0.3 is 10.1 Å². The topological polar surface area (TPSA) is 55.4 Å². The fourth-order valence-electron chi connectivity index (χ4n) is 2.70. The number of ether oxygens (including phenoxy) is 1. The summed E-state index contributed by atoms with van der Waals surface area (Å²) >= 11 is 5.86. The molecule has 1 N–H and O–H groups in total. The molecule has 1 aromatic carbocycles. The Morgan fingerprint density at radius 1 is 1.27 bits per heavy atom. The third kappa shape index (κ3) is 5.02. The van der Waals surface area contributed by atoms with E-state index in [9.17, 15) is 9.59 Å². The lowest BCUT2D eigenvalue weighted by atomic mass is 9.89. The van der Waals surface area contributed by atoms with Crippen molar-refractivity contribution in [3.8, 4) is 5.75 Å². The van der Waals surface area contributed by atoms with Crippen LogP contribution in [0.4, 0.5) is 0 Å². The predicted octanol–water partition coefficient (Wildman–Crippen LogP) is 3.64. The second kappa shape index (κ2) is 8.18. The van der Waals surface area contributed by atoms with Crippen LogP contribution in [0.5, 0.6) is 5.75 Å². The van der Waals surface area contributed by atoms with E-state index in [0.717, 1.165) is 31.2 Å². The number of aryl methyl sites for hydroxylation is 1. The largest absolute Gasteiger partial charge is 0.426 e. The van der Waals surface area contributed by atoms with E-state index >= 15 is 0 Å². The van der Waals surface area contributed by atoms with Crippen LogP contribution in [-0.2, 0) is 9.59 Å². The monoisotopic (exact) mass is 323 g/mol. The van der Waals surface area contributed by atoms with Crippen LogP contribution in [-0.4, -0.2) is 18.4 Å². The number of rotatable bonds is 5. The Labute approximate surface area is 136 Å². The normalized spacial score (nSPS) is 15.4. The van der Waals surface area contributed by atoms with Gasteiger partial charge in [-0.1, -0.05) is 30.9 Å². The number of halogens is 1. The third-order valence-corrected chi connectivity index (χ3v) is 4.20. The maximum atomic E-state index is 12.0. The molecule has 0 saturated heterocycles. The van der Waals surface area contributed by atoms with Gasteiger partial charge in [-0.05, 0) is 43.5 Å². The molecule has 1 fully saturated rings. The van der Waals surface area contributed by atoms with E-state index in [2.05, 4.69) is 5.32 Å². The van der Waals surface area contributed by atoms with Crippen molar-refractivity contribution in [3.05, 3.63) is 28.8 Å². The van der Waals surface area contributed by atoms with Crippen LogP contribution in [0.3, 0.4) is 0 Å². The molecule has 0 unspecified atom stereocenters. The number of benzene rings is 1. The van der Waals surface area contributed by atoms with E-state index < -0.39 is 0 Å². The minimum atomic E-state index is -0.352. The van der Waals surface area contributed by atoms with Crippen molar-refractivity contribution in [2.75, 3.05) is 6.54 Å². The summed E-state index contributed by atoms with van der Waals surface area (Å²) in [5.74, 6) is 0.334. The van der Waals surface area contributed by atoms with Crippen LogP contribution in [0.2, 0.25) is 5.02 Å². The standard InChI is InChI=1S/C17H22ClNO3/c1-12-11-14(18)7-8-15(12)22-16(20)9-10-19-17(21)13-5-3-2-4-6-13/h7-8,11,13H,2-6,9-10H2,1H3,(H,19,21). The van der Waals surface area contributed by atoms with Gasteiger partial charge >= 0.3 is 5.97 Å². The molecule has 0 aromatic heterocycles. The Morgan fingerprint density at radius 3 is 2.68 bits per heavy atom. The molecule has 0 heterocycles. The van der Waals surface area contributed by atoms with Gasteiger partial charge in [0.25, 0.3) is 0 Å². The molecular formula is C17H22ClNO3. The van der Waals surface area contributed by atoms with Gasteiger partial charge in [-0.25, -0.2) is 0 Å². The molecule has 4 nitrogen and oxygen atoms in total. The van der Waals surface area contributed by atoms with Gasteiger partial charge in [0.2, 0.25) is 5.91 Å². The van der Waals surface area contributed by atoms with Gasteiger partial charge in [0, 0.05) is 17.5 Å². The van der Waals surface area contributed by atoms with Crippen molar-refractivity contribution >= 4 is 23.5 Å². The highest BCUT2D eigenvalue weighted by Gasteiger charge is 2.20. The average Bonchev–Trinajstić information content (AvgIpc) is 2.51. The van der Waals surface area contributed by atoms with Gasteiger partial charge in [0.1, 0.15) is 5.75 Å². The van der Waals surface area contributed by atoms with Crippen molar-refractivity contribution in [2.45, 2.75) is 45.4 Å². The summed E-state index contributed by atoms with van der Waals surface area (Å²) in [6.45, 7) is 2.15. The molecule has 2 rings (SSSR count). The highest BCUT2D eigenvalue weighted by Crippen LogP contribution is 2.24. The summed E-state index contributed by atoms with van der Waals surface area (Å²) in [5.41, 5.74) is 0.812. The van der Waals surface area contributed by atoms with Gasteiger partial charge in [-0.2, -0.15) is 0 Å². The Morgan fingerprint density at radius 2 is 2.00 bits per heavy atom. The van der Waals surface area contributed by atoms with Crippen molar-refractivity contribution in [1.82, 2.24) is 5.32 Å². The lowest BCUT2D eigenvalue weighted by Gasteiger charge is -2.20. The first-order valence-electron chi connectivity index (χ1n) is 7.81. The molecule has 22 heavy (non-hydrogen) atoms. The molecule has 1 aliphatic rings. The second-order valence-electron chi connectivity index (χ2n) is 5.76. The summed E-state index contributed by atoms with van der Waals surface area (Å²) in [6, 6.07) is 5.10. The zero-order valence-corrected chi connectivity index (χ0v) is 13.6. The number of carbonyl (C=O) groups excluding carboxylic acids is 2. The minimum absolute atomic E-state index is 0.0650. The van der Waals surface area contributed by atoms with Crippen LogP contribution in [0.15, 0.2) is 18.2 Å². The van der Waals surface area contributed by atoms with Crippen molar-refractivity contribution < 1.29 is 14.3 Å². The van der Waals surface area contributed by atoms with E-state index in [1.165, 1.54) is 6.42 Å². The zero-order valence-electron chi connectivity index (χ0n) is 12.9. The van der Waals surface area contributed by atoms with Crippen LogP contribution in [0.25, 0.3) is 0 Å². The fraction of sp³-hybridized carbons (Fsp3) is 0.529. The predicted molar refractivity (Wildman–Crippen MR) is 86.0 cm³/mol. The lowest BCUT2D eigenvalue weighted by molar-refractivity contribution is -0.134. The number of amides is 1. The molecule has 1 saturated carbocycles.